The van der Waals surface area contributed by atoms with E-state index in [0.717, 1.165) is 6.42 Å². The summed E-state index contributed by atoms with van der Waals surface area (Å²) in [5.74, 6) is -1.50. The standard InChI is InChI=1S/C15H20N2O4/c1-11(19)12-5-7-13(8-6-12)17-15(21)14(20)16-9-3-2-4-10-18/h5-8,18H,2-4,9-10H2,1H3,(H,16,20)(H,17,21). The van der Waals surface area contributed by atoms with Gasteiger partial charge in [0.2, 0.25) is 0 Å². The molecule has 2 amide bonds. The van der Waals surface area contributed by atoms with E-state index in [9.17, 15) is 14.4 Å². The Kier molecular flexibility index (Phi) is 7.11. The fourth-order valence-electron chi connectivity index (χ4n) is 1.67. The summed E-state index contributed by atoms with van der Waals surface area (Å²) >= 11 is 0. The van der Waals surface area contributed by atoms with E-state index in [-0.39, 0.29) is 12.4 Å². The molecule has 0 heterocycles. The molecular formula is C15H20N2O4. The third kappa shape index (κ3) is 6.18. The Morgan fingerprint density at radius 3 is 2.24 bits per heavy atom. The number of Topliss-reactive ketones (excluding diaryl/α,β-unsaturated/α-hetero) is 1. The van der Waals surface area contributed by atoms with Crippen molar-refractivity contribution < 1.29 is 19.5 Å². The number of aliphatic hydroxyl groups is 1. The van der Waals surface area contributed by atoms with Gasteiger partial charge in [-0.05, 0) is 50.5 Å². The van der Waals surface area contributed by atoms with Crippen molar-refractivity contribution in [3.63, 3.8) is 0 Å². The van der Waals surface area contributed by atoms with Gasteiger partial charge in [-0.15, -0.1) is 0 Å². The number of aliphatic hydroxyl groups excluding tert-OH is 1. The van der Waals surface area contributed by atoms with Gasteiger partial charge in [-0.1, -0.05) is 0 Å². The highest BCUT2D eigenvalue weighted by atomic mass is 16.3. The predicted octanol–water partition coefficient (Wildman–Crippen LogP) is 1.11. The van der Waals surface area contributed by atoms with Crippen molar-refractivity contribution in [3.8, 4) is 0 Å². The summed E-state index contributed by atoms with van der Waals surface area (Å²) in [7, 11) is 0. The molecule has 1 aromatic carbocycles. The van der Waals surface area contributed by atoms with Gasteiger partial charge < -0.3 is 15.7 Å². The maximum absolute atomic E-state index is 11.6. The molecule has 0 bridgehead atoms. The lowest BCUT2D eigenvalue weighted by Crippen LogP contribution is -2.35. The average molecular weight is 292 g/mol. The van der Waals surface area contributed by atoms with Gasteiger partial charge in [-0.25, -0.2) is 0 Å². The molecule has 0 aliphatic rings. The van der Waals surface area contributed by atoms with E-state index in [1.807, 2.05) is 0 Å². The largest absolute Gasteiger partial charge is 0.396 e. The summed E-state index contributed by atoms with van der Waals surface area (Å²) in [6, 6.07) is 6.32. The summed E-state index contributed by atoms with van der Waals surface area (Å²) in [6.45, 7) is 1.98. The van der Waals surface area contributed by atoms with Gasteiger partial charge in [-0.3, -0.25) is 14.4 Å². The maximum atomic E-state index is 11.6. The number of hydrogen-bond donors (Lipinski definition) is 3. The molecule has 0 saturated heterocycles. The molecule has 0 radical (unpaired) electrons. The minimum absolute atomic E-state index is 0.0616. The maximum Gasteiger partial charge on any atom is 0.313 e. The number of hydrogen-bond acceptors (Lipinski definition) is 4. The van der Waals surface area contributed by atoms with Crippen LogP contribution >= 0.6 is 0 Å². The Labute approximate surface area is 123 Å². The molecule has 21 heavy (non-hydrogen) atoms. The van der Waals surface area contributed by atoms with E-state index in [1.165, 1.54) is 6.92 Å². The molecule has 1 rings (SSSR count). The van der Waals surface area contributed by atoms with Crippen molar-refractivity contribution in [2.45, 2.75) is 26.2 Å². The summed E-state index contributed by atoms with van der Waals surface area (Å²) in [5.41, 5.74) is 1.00. The normalized spacial score (nSPS) is 10.0. The Morgan fingerprint density at radius 1 is 1.00 bits per heavy atom. The number of rotatable bonds is 7. The SMILES string of the molecule is CC(=O)c1ccc(NC(=O)C(=O)NCCCCCO)cc1. The van der Waals surface area contributed by atoms with Gasteiger partial charge in [0.05, 0.1) is 0 Å². The molecule has 114 valence electrons. The lowest BCUT2D eigenvalue weighted by molar-refractivity contribution is -0.136. The molecular weight excluding hydrogens is 272 g/mol. The van der Waals surface area contributed by atoms with Crippen molar-refractivity contribution in [3.05, 3.63) is 29.8 Å². The Balaban J connectivity index is 2.38. The molecule has 1 aromatic rings. The minimum Gasteiger partial charge on any atom is -0.396 e. The zero-order chi connectivity index (χ0) is 15.7. The molecule has 0 aliphatic carbocycles. The van der Waals surface area contributed by atoms with Gasteiger partial charge >= 0.3 is 11.8 Å². The number of anilines is 1. The molecule has 3 N–H and O–H groups in total. The smallest absolute Gasteiger partial charge is 0.313 e. The number of benzene rings is 1. The van der Waals surface area contributed by atoms with Gasteiger partial charge in [-0.2, -0.15) is 0 Å². The Hall–Kier alpha value is -2.21. The van der Waals surface area contributed by atoms with E-state index < -0.39 is 11.8 Å². The van der Waals surface area contributed by atoms with Crippen molar-refractivity contribution in [2.75, 3.05) is 18.5 Å². The summed E-state index contributed by atoms with van der Waals surface area (Å²) in [5, 5.41) is 13.6. The fraction of sp³-hybridized carbons (Fsp3) is 0.400. The van der Waals surface area contributed by atoms with Crippen LogP contribution in [-0.2, 0) is 9.59 Å². The third-order valence-corrected chi connectivity index (χ3v) is 2.88. The molecule has 0 unspecified atom stereocenters. The number of ketones is 1. The van der Waals surface area contributed by atoms with Crippen molar-refractivity contribution in [2.24, 2.45) is 0 Å². The molecule has 0 aromatic heterocycles. The monoisotopic (exact) mass is 292 g/mol. The van der Waals surface area contributed by atoms with Gasteiger partial charge in [0.25, 0.3) is 0 Å². The lowest BCUT2D eigenvalue weighted by atomic mass is 10.1. The summed E-state index contributed by atoms with van der Waals surface area (Å²) in [6.07, 6.45) is 2.20. The molecule has 0 aliphatic heterocycles. The quantitative estimate of drug-likeness (QED) is 0.398. The van der Waals surface area contributed by atoms with Gasteiger partial charge in [0.15, 0.2) is 5.78 Å². The Morgan fingerprint density at radius 2 is 1.67 bits per heavy atom. The van der Waals surface area contributed by atoms with E-state index in [0.29, 0.717) is 30.6 Å². The average Bonchev–Trinajstić information content (AvgIpc) is 2.47. The van der Waals surface area contributed by atoms with Crippen LogP contribution in [0.25, 0.3) is 0 Å². The van der Waals surface area contributed by atoms with Crippen LogP contribution < -0.4 is 10.6 Å². The second-order valence-electron chi connectivity index (χ2n) is 4.63. The van der Waals surface area contributed by atoms with E-state index in [1.54, 1.807) is 24.3 Å². The zero-order valence-electron chi connectivity index (χ0n) is 12.0. The highest BCUT2D eigenvalue weighted by molar-refractivity contribution is 6.39. The van der Waals surface area contributed by atoms with Crippen LogP contribution in [-0.4, -0.2) is 35.9 Å². The number of unbranched alkanes of at least 4 members (excludes halogenated alkanes) is 2. The van der Waals surface area contributed by atoms with Gasteiger partial charge in [0.1, 0.15) is 0 Å². The van der Waals surface area contributed by atoms with E-state index >= 15 is 0 Å². The minimum atomic E-state index is -0.743. The second kappa shape index (κ2) is 8.86. The lowest BCUT2D eigenvalue weighted by Gasteiger charge is -2.06. The van der Waals surface area contributed by atoms with Crippen LogP contribution in [0.3, 0.4) is 0 Å². The molecule has 0 spiro atoms. The first-order valence-electron chi connectivity index (χ1n) is 6.85. The topological polar surface area (TPSA) is 95.5 Å². The molecule has 6 nitrogen and oxygen atoms in total. The molecule has 0 atom stereocenters. The molecule has 0 fully saturated rings. The van der Waals surface area contributed by atoms with Crippen LogP contribution in [0, 0.1) is 0 Å². The van der Waals surface area contributed by atoms with Crippen LogP contribution in [0.1, 0.15) is 36.5 Å². The van der Waals surface area contributed by atoms with Crippen LogP contribution in [0.15, 0.2) is 24.3 Å². The zero-order valence-corrected chi connectivity index (χ0v) is 12.0. The number of nitrogens with one attached hydrogen (secondary N) is 2. The van der Waals surface area contributed by atoms with Crippen LogP contribution in [0.2, 0.25) is 0 Å². The summed E-state index contributed by atoms with van der Waals surface area (Å²) < 4.78 is 0. The number of carbonyl (C=O) groups excluding carboxylic acids is 3. The van der Waals surface area contributed by atoms with E-state index in [2.05, 4.69) is 10.6 Å². The second-order valence-corrected chi connectivity index (χ2v) is 4.63. The number of carbonyl (C=O) groups is 3. The van der Waals surface area contributed by atoms with Crippen LogP contribution in [0.5, 0.6) is 0 Å². The van der Waals surface area contributed by atoms with Crippen LogP contribution in [0.4, 0.5) is 5.69 Å². The Bertz CT molecular complexity index is 497. The predicted molar refractivity (Wildman–Crippen MR) is 79.0 cm³/mol. The van der Waals surface area contributed by atoms with Crippen molar-refractivity contribution in [1.82, 2.24) is 5.32 Å². The van der Waals surface area contributed by atoms with E-state index in [4.69, 9.17) is 5.11 Å². The van der Waals surface area contributed by atoms with Gasteiger partial charge in [0, 0.05) is 24.4 Å². The molecule has 0 saturated carbocycles. The third-order valence-electron chi connectivity index (χ3n) is 2.88. The molecule has 6 heteroatoms. The fourth-order valence-corrected chi connectivity index (χ4v) is 1.67. The first-order valence-corrected chi connectivity index (χ1v) is 6.85. The highest BCUT2D eigenvalue weighted by Crippen LogP contribution is 2.09. The van der Waals surface area contributed by atoms with Crippen molar-refractivity contribution in [1.29, 1.82) is 0 Å². The number of amides is 2. The first kappa shape index (κ1) is 16.8. The summed E-state index contributed by atoms with van der Waals surface area (Å²) in [4.78, 5) is 34.3. The first-order chi connectivity index (χ1) is 10.0. The van der Waals surface area contributed by atoms with Crippen molar-refractivity contribution >= 4 is 23.3 Å². The highest BCUT2D eigenvalue weighted by Gasteiger charge is 2.12.